The molecule has 5 nitrogen and oxygen atoms in total. The Morgan fingerprint density at radius 1 is 1.20 bits per heavy atom. The van der Waals surface area contributed by atoms with E-state index in [0.29, 0.717) is 0 Å². The molecule has 5 heteroatoms. The third-order valence-electron chi connectivity index (χ3n) is 2.33. The molecule has 0 aliphatic carbocycles. The van der Waals surface area contributed by atoms with Gasteiger partial charge in [0, 0.05) is 0 Å². The van der Waals surface area contributed by atoms with E-state index in [1.807, 2.05) is 30.3 Å². The average molecular weight is 279 g/mol. The highest BCUT2D eigenvalue weighted by atomic mass is 16.6. The molecule has 0 radical (unpaired) electrons. The Bertz CT molecular complexity index is 451. The van der Waals surface area contributed by atoms with Crippen LogP contribution in [0.4, 0.5) is 0 Å². The van der Waals surface area contributed by atoms with E-state index in [-0.39, 0.29) is 13.0 Å². The van der Waals surface area contributed by atoms with Crippen molar-refractivity contribution in [1.29, 1.82) is 0 Å². The standard InChI is InChI=1S/C15H21NO4/c1-15(2,3)20-13(17)9-12(16)14(18)19-10-11-7-5-4-6-8-11/h4-8,12H,9-10,16H2,1-3H3. The van der Waals surface area contributed by atoms with Gasteiger partial charge in [-0.1, -0.05) is 30.3 Å². The van der Waals surface area contributed by atoms with Crippen molar-refractivity contribution < 1.29 is 19.1 Å². The number of carbonyl (C=O) groups excluding carboxylic acids is 2. The summed E-state index contributed by atoms with van der Waals surface area (Å²) < 4.78 is 10.1. The molecule has 0 fully saturated rings. The van der Waals surface area contributed by atoms with E-state index in [9.17, 15) is 9.59 Å². The fourth-order valence-corrected chi connectivity index (χ4v) is 1.48. The summed E-state index contributed by atoms with van der Waals surface area (Å²) in [5.41, 5.74) is 5.90. The minimum Gasteiger partial charge on any atom is -0.460 e. The molecule has 1 aromatic rings. The van der Waals surface area contributed by atoms with Gasteiger partial charge in [-0.25, -0.2) is 0 Å². The number of hydrogen-bond acceptors (Lipinski definition) is 5. The molecule has 1 unspecified atom stereocenters. The first-order chi connectivity index (χ1) is 9.28. The third kappa shape index (κ3) is 6.33. The molecule has 110 valence electrons. The van der Waals surface area contributed by atoms with E-state index in [2.05, 4.69) is 0 Å². The van der Waals surface area contributed by atoms with Crippen molar-refractivity contribution in [2.45, 2.75) is 45.4 Å². The topological polar surface area (TPSA) is 78.6 Å². The van der Waals surface area contributed by atoms with Crippen LogP contribution >= 0.6 is 0 Å². The van der Waals surface area contributed by atoms with Crippen LogP contribution in [-0.2, 0) is 25.7 Å². The maximum absolute atomic E-state index is 11.7. The van der Waals surface area contributed by atoms with Crippen molar-refractivity contribution in [3.8, 4) is 0 Å². The zero-order valence-corrected chi connectivity index (χ0v) is 12.1. The van der Waals surface area contributed by atoms with Gasteiger partial charge in [0.1, 0.15) is 18.2 Å². The molecule has 0 aliphatic rings. The summed E-state index contributed by atoms with van der Waals surface area (Å²) in [6.45, 7) is 5.40. The second kappa shape index (κ2) is 7.05. The van der Waals surface area contributed by atoms with Crippen LogP contribution in [0.1, 0.15) is 32.8 Å². The van der Waals surface area contributed by atoms with Gasteiger partial charge in [-0.2, -0.15) is 0 Å². The number of hydrogen-bond donors (Lipinski definition) is 1. The molecule has 0 saturated carbocycles. The average Bonchev–Trinajstić information content (AvgIpc) is 2.34. The van der Waals surface area contributed by atoms with Crippen molar-refractivity contribution >= 4 is 11.9 Å². The van der Waals surface area contributed by atoms with Crippen LogP contribution in [0.2, 0.25) is 0 Å². The minimum atomic E-state index is -1.01. The second-order valence-corrected chi connectivity index (χ2v) is 5.49. The highest BCUT2D eigenvalue weighted by Gasteiger charge is 2.23. The van der Waals surface area contributed by atoms with E-state index >= 15 is 0 Å². The van der Waals surface area contributed by atoms with Gasteiger partial charge in [0.05, 0.1) is 6.42 Å². The smallest absolute Gasteiger partial charge is 0.323 e. The van der Waals surface area contributed by atoms with Crippen LogP contribution < -0.4 is 5.73 Å². The number of carbonyl (C=O) groups is 2. The first kappa shape index (κ1) is 16.2. The van der Waals surface area contributed by atoms with Crippen molar-refractivity contribution in [2.75, 3.05) is 0 Å². The van der Waals surface area contributed by atoms with Gasteiger partial charge >= 0.3 is 11.9 Å². The highest BCUT2D eigenvalue weighted by molar-refractivity contribution is 5.82. The van der Waals surface area contributed by atoms with Crippen LogP contribution in [-0.4, -0.2) is 23.6 Å². The number of ether oxygens (including phenoxy) is 2. The molecule has 2 N–H and O–H groups in total. The lowest BCUT2D eigenvalue weighted by Gasteiger charge is -2.20. The van der Waals surface area contributed by atoms with Gasteiger partial charge in [0.15, 0.2) is 0 Å². The van der Waals surface area contributed by atoms with E-state index in [1.54, 1.807) is 20.8 Å². The van der Waals surface area contributed by atoms with Crippen LogP contribution in [0.5, 0.6) is 0 Å². The van der Waals surface area contributed by atoms with Gasteiger partial charge in [0.2, 0.25) is 0 Å². The fraction of sp³-hybridized carbons (Fsp3) is 0.467. The predicted molar refractivity (Wildman–Crippen MR) is 74.7 cm³/mol. The Kier molecular flexibility index (Phi) is 5.70. The quantitative estimate of drug-likeness (QED) is 0.831. The van der Waals surface area contributed by atoms with Gasteiger partial charge in [-0.3, -0.25) is 9.59 Å². The molecule has 1 atom stereocenters. The molecule has 0 amide bonds. The van der Waals surface area contributed by atoms with E-state index < -0.39 is 23.6 Å². The van der Waals surface area contributed by atoms with E-state index in [4.69, 9.17) is 15.2 Å². The van der Waals surface area contributed by atoms with Crippen LogP contribution in [0.25, 0.3) is 0 Å². The molecule has 0 saturated heterocycles. The van der Waals surface area contributed by atoms with Crippen molar-refractivity contribution in [2.24, 2.45) is 5.73 Å². The third-order valence-corrected chi connectivity index (χ3v) is 2.33. The molecule has 20 heavy (non-hydrogen) atoms. The zero-order chi connectivity index (χ0) is 15.2. The largest absolute Gasteiger partial charge is 0.460 e. The Morgan fingerprint density at radius 2 is 1.80 bits per heavy atom. The number of rotatable bonds is 5. The zero-order valence-electron chi connectivity index (χ0n) is 12.1. The Morgan fingerprint density at radius 3 is 2.35 bits per heavy atom. The maximum Gasteiger partial charge on any atom is 0.323 e. The maximum atomic E-state index is 11.7. The highest BCUT2D eigenvalue weighted by Crippen LogP contribution is 2.09. The van der Waals surface area contributed by atoms with Gasteiger partial charge in [-0.05, 0) is 26.3 Å². The summed E-state index contributed by atoms with van der Waals surface area (Å²) in [5, 5.41) is 0. The fourth-order valence-electron chi connectivity index (χ4n) is 1.48. The normalized spacial score (nSPS) is 12.6. The Labute approximate surface area is 119 Å². The molecule has 0 spiro atoms. The molecule has 0 aliphatic heterocycles. The molecular weight excluding hydrogens is 258 g/mol. The SMILES string of the molecule is CC(C)(C)OC(=O)CC(N)C(=O)OCc1ccccc1. The summed E-state index contributed by atoms with van der Waals surface area (Å²) >= 11 is 0. The summed E-state index contributed by atoms with van der Waals surface area (Å²) in [6, 6.07) is 8.25. The Hall–Kier alpha value is -1.88. The van der Waals surface area contributed by atoms with Crippen LogP contribution in [0, 0.1) is 0 Å². The minimum absolute atomic E-state index is 0.141. The lowest BCUT2D eigenvalue weighted by molar-refractivity contribution is -0.159. The summed E-state index contributed by atoms with van der Waals surface area (Å²) in [6.07, 6.45) is -0.190. The predicted octanol–water partition coefficient (Wildman–Crippen LogP) is 1.79. The lowest BCUT2D eigenvalue weighted by atomic mass is 10.2. The van der Waals surface area contributed by atoms with Gasteiger partial charge in [-0.15, -0.1) is 0 Å². The molecule has 1 aromatic carbocycles. The molecule has 0 aromatic heterocycles. The Balaban J connectivity index is 2.38. The summed E-state index contributed by atoms with van der Waals surface area (Å²) in [5.74, 6) is -1.12. The first-order valence-corrected chi connectivity index (χ1v) is 6.46. The van der Waals surface area contributed by atoms with Crippen LogP contribution in [0.15, 0.2) is 30.3 Å². The van der Waals surface area contributed by atoms with E-state index in [0.717, 1.165) is 5.56 Å². The molecule has 0 heterocycles. The molecule has 1 rings (SSSR count). The number of esters is 2. The molecular formula is C15H21NO4. The first-order valence-electron chi connectivity index (χ1n) is 6.46. The van der Waals surface area contributed by atoms with Crippen molar-refractivity contribution in [1.82, 2.24) is 0 Å². The van der Waals surface area contributed by atoms with Crippen molar-refractivity contribution in [3.63, 3.8) is 0 Å². The lowest BCUT2D eigenvalue weighted by Crippen LogP contribution is -2.36. The molecule has 0 bridgehead atoms. The van der Waals surface area contributed by atoms with Gasteiger partial charge < -0.3 is 15.2 Å². The monoisotopic (exact) mass is 279 g/mol. The van der Waals surface area contributed by atoms with Crippen LogP contribution in [0.3, 0.4) is 0 Å². The summed E-state index contributed by atoms with van der Waals surface area (Å²) in [7, 11) is 0. The number of nitrogens with two attached hydrogens (primary N) is 1. The van der Waals surface area contributed by atoms with Gasteiger partial charge in [0.25, 0.3) is 0 Å². The van der Waals surface area contributed by atoms with E-state index in [1.165, 1.54) is 0 Å². The second-order valence-electron chi connectivity index (χ2n) is 5.49. The van der Waals surface area contributed by atoms with Crippen molar-refractivity contribution in [3.05, 3.63) is 35.9 Å². The summed E-state index contributed by atoms with van der Waals surface area (Å²) in [4.78, 5) is 23.2. The number of benzene rings is 1.